The summed E-state index contributed by atoms with van der Waals surface area (Å²) in [4.78, 5) is 6.41. The Balaban J connectivity index is 2.25. The van der Waals surface area contributed by atoms with Crippen molar-refractivity contribution < 1.29 is 0 Å². The standard InChI is InChI=1S/C11H13Cl3N2/c1-2-16(6-7-3-4-7)11-9(13)5-8(12)10(14)15-11/h5,7H,2-4,6H2,1H3. The Labute approximate surface area is 111 Å². The molecule has 0 saturated heterocycles. The second-order valence-corrected chi connectivity index (χ2v) is 5.22. The summed E-state index contributed by atoms with van der Waals surface area (Å²) in [6.45, 7) is 3.96. The molecule has 1 aromatic heterocycles. The molecule has 2 nitrogen and oxygen atoms in total. The smallest absolute Gasteiger partial charge is 0.150 e. The first-order chi connectivity index (χ1) is 7.61. The number of pyridine rings is 1. The van der Waals surface area contributed by atoms with E-state index in [0.29, 0.717) is 15.2 Å². The van der Waals surface area contributed by atoms with Gasteiger partial charge in [-0.3, -0.25) is 0 Å². The second-order valence-electron chi connectivity index (χ2n) is 4.05. The maximum atomic E-state index is 6.13. The fourth-order valence-corrected chi connectivity index (χ4v) is 2.25. The SMILES string of the molecule is CCN(CC1CC1)c1nc(Cl)c(Cl)cc1Cl. The van der Waals surface area contributed by atoms with Crippen LogP contribution in [-0.4, -0.2) is 18.1 Å². The van der Waals surface area contributed by atoms with Crippen LogP contribution in [0, 0.1) is 5.92 Å². The molecule has 0 radical (unpaired) electrons. The summed E-state index contributed by atoms with van der Waals surface area (Å²) in [5.41, 5.74) is 0. The quantitative estimate of drug-likeness (QED) is 0.765. The number of anilines is 1. The van der Waals surface area contributed by atoms with Crippen LogP contribution in [0.25, 0.3) is 0 Å². The first-order valence-electron chi connectivity index (χ1n) is 5.38. The first-order valence-corrected chi connectivity index (χ1v) is 6.51. The maximum absolute atomic E-state index is 6.13. The van der Waals surface area contributed by atoms with E-state index < -0.39 is 0 Å². The van der Waals surface area contributed by atoms with Gasteiger partial charge in [-0.2, -0.15) is 0 Å². The van der Waals surface area contributed by atoms with E-state index in [1.165, 1.54) is 12.8 Å². The fourth-order valence-electron chi connectivity index (χ4n) is 1.63. The third-order valence-corrected chi connectivity index (χ3v) is 3.68. The van der Waals surface area contributed by atoms with E-state index in [1.54, 1.807) is 6.07 Å². The van der Waals surface area contributed by atoms with Crippen LogP contribution in [0.4, 0.5) is 5.82 Å². The van der Waals surface area contributed by atoms with Crippen LogP contribution in [0.1, 0.15) is 19.8 Å². The van der Waals surface area contributed by atoms with Crippen molar-refractivity contribution in [1.82, 2.24) is 4.98 Å². The lowest BCUT2D eigenvalue weighted by Gasteiger charge is -2.23. The number of nitrogens with zero attached hydrogens (tertiary/aromatic N) is 2. The highest BCUT2D eigenvalue weighted by molar-refractivity contribution is 6.42. The summed E-state index contributed by atoms with van der Waals surface area (Å²) in [7, 11) is 0. The molecule has 0 unspecified atom stereocenters. The summed E-state index contributed by atoms with van der Waals surface area (Å²) in [6.07, 6.45) is 2.60. The van der Waals surface area contributed by atoms with E-state index in [9.17, 15) is 0 Å². The molecule has 0 N–H and O–H groups in total. The van der Waals surface area contributed by atoms with Crippen LogP contribution in [0.5, 0.6) is 0 Å². The molecule has 88 valence electrons. The molecule has 16 heavy (non-hydrogen) atoms. The molecule has 0 atom stereocenters. The van der Waals surface area contributed by atoms with Gasteiger partial charge in [0.15, 0.2) is 0 Å². The molecular weight excluding hydrogens is 266 g/mol. The molecular formula is C11H13Cl3N2. The molecule has 0 spiro atoms. The molecule has 1 aromatic rings. The zero-order chi connectivity index (χ0) is 11.7. The van der Waals surface area contributed by atoms with Crippen molar-refractivity contribution in [2.75, 3.05) is 18.0 Å². The van der Waals surface area contributed by atoms with Gasteiger partial charge in [0.05, 0.1) is 10.0 Å². The van der Waals surface area contributed by atoms with Crippen LogP contribution in [0.2, 0.25) is 15.2 Å². The van der Waals surface area contributed by atoms with Gasteiger partial charge in [-0.15, -0.1) is 0 Å². The van der Waals surface area contributed by atoms with Crippen molar-refractivity contribution in [3.05, 3.63) is 21.3 Å². The van der Waals surface area contributed by atoms with Gasteiger partial charge in [0.2, 0.25) is 0 Å². The number of rotatable bonds is 4. The minimum Gasteiger partial charge on any atom is -0.355 e. The first kappa shape index (κ1) is 12.3. The highest BCUT2D eigenvalue weighted by Gasteiger charge is 2.25. The van der Waals surface area contributed by atoms with E-state index in [0.717, 1.165) is 24.8 Å². The molecule has 1 fully saturated rings. The average molecular weight is 280 g/mol. The predicted molar refractivity (Wildman–Crippen MR) is 69.9 cm³/mol. The highest BCUT2D eigenvalue weighted by atomic mass is 35.5. The Hall–Kier alpha value is -0.180. The lowest BCUT2D eigenvalue weighted by atomic mass is 10.3. The van der Waals surface area contributed by atoms with Gasteiger partial charge in [-0.05, 0) is 31.7 Å². The third kappa shape index (κ3) is 2.73. The Morgan fingerprint density at radius 1 is 1.31 bits per heavy atom. The molecule has 1 aliphatic rings. The van der Waals surface area contributed by atoms with Crippen molar-refractivity contribution in [2.45, 2.75) is 19.8 Å². The van der Waals surface area contributed by atoms with Gasteiger partial charge < -0.3 is 4.90 Å². The Bertz CT molecular complexity index is 391. The monoisotopic (exact) mass is 278 g/mol. The van der Waals surface area contributed by atoms with Crippen molar-refractivity contribution in [3.63, 3.8) is 0 Å². The van der Waals surface area contributed by atoms with Crippen LogP contribution in [0.15, 0.2) is 6.07 Å². The normalized spacial score (nSPS) is 15.2. The number of halogens is 3. The number of hydrogen-bond acceptors (Lipinski definition) is 2. The summed E-state index contributed by atoms with van der Waals surface area (Å²) >= 11 is 17.9. The van der Waals surface area contributed by atoms with E-state index in [1.807, 2.05) is 0 Å². The van der Waals surface area contributed by atoms with Crippen molar-refractivity contribution in [3.8, 4) is 0 Å². The zero-order valence-electron chi connectivity index (χ0n) is 9.01. The van der Waals surface area contributed by atoms with Gasteiger partial charge in [0.1, 0.15) is 11.0 Å². The Morgan fingerprint density at radius 3 is 2.56 bits per heavy atom. The summed E-state index contributed by atoms with van der Waals surface area (Å²) in [5, 5.41) is 1.28. The highest BCUT2D eigenvalue weighted by Crippen LogP contribution is 2.35. The fraction of sp³-hybridized carbons (Fsp3) is 0.545. The average Bonchev–Trinajstić information content (AvgIpc) is 3.04. The summed E-state index contributed by atoms with van der Waals surface area (Å²) < 4.78 is 0. The second kappa shape index (κ2) is 4.99. The number of aromatic nitrogens is 1. The topological polar surface area (TPSA) is 16.1 Å². The molecule has 1 aliphatic carbocycles. The van der Waals surface area contributed by atoms with Crippen molar-refractivity contribution >= 4 is 40.6 Å². The summed E-state index contributed by atoms with van der Waals surface area (Å²) in [6, 6.07) is 1.66. The van der Waals surface area contributed by atoms with Crippen molar-refractivity contribution in [1.29, 1.82) is 0 Å². The zero-order valence-corrected chi connectivity index (χ0v) is 11.3. The van der Waals surface area contributed by atoms with Crippen molar-refractivity contribution in [2.24, 2.45) is 5.92 Å². The van der Waals surface area contributed by atoms with E-state index >= 15 is 0 Å². The van der Waals surface area contributed by atoms with Crippen LogP contribution < -0.4 is 4.90 Å². The van der Waals surface area contributed by atoms with Gasteiger partial charge in [0.25, 0.3) is 0 Å². The molecule has 5 heteroatoms. The Kier molecular flexibility index (Phi) is 3.83. The van der Waals surface area contributed by atoms with E-state index in [2.05, 4.69) is 16.8 Å². The lowest BCUT2D eigenvalue weighted by Crippen LogP contribution is -2.26. The molecule has 0 amide bonds. The minimum absolute atomic E-state index is 0.315. The van der Waals surface area contributed by atoms with Gasteiger partial charge >= 0.3 is 0 Å². The van der Waals surface area contributed by atoms with E-state index in [4.69, 9.17) is 34.8 Å². The molecule has 1 heterocycles. The van der Waals surface area contributed by atoms with Crippen LogP contribution >= 0.6 is 34.8 Å². The molecule has 0 bridgehead atoms. The van der Waals surface area contributed by atoms with Gasteiger partial charge in [-0.1, -0.05) is 34.8 Å². The summed E-state index contributed by atoms with van der Waals surface area (Å²) in [5.74, 6) is 1.53. The lowest BCUT2D eigenvalue weighted by molar-refractivity contribution is 0.732. The molecule has 0 aliphatic heterocycles. The van der Waals surface area contributed by atoms with Gasteiger partial charge in [0, 0.05) is 13.1 Å². The molecule has 1 saturated carbocycles. The third-order valence-electron chi connectivity index (χ3n) is 2.72. The molecule has 2 rings (SSSR count). The van der Waals surface area contributed by atoms with Crippen LogP contribution in [0.3, 0.4) is 0 Å². The molecule has 0 aromatic carbocycles. The van der Waals surface area contributed by atoms with Crippen LogP contribution in [-0.2, 0) is 0 Å². The minimum atomic E-state index is 0.315. The maximum Gasteiger partial charge on any atom is 0.150 e. The largest absolute Gasteiger partial charge is 0.355 e. The van der Waals surface area contributed by atoms with E-state index in [-0.39, 0.29) is 0 Å². The Morgan fingerprint density at radius 2 is 2.00 bits per heavy atom. The predicted octanol–water partition coefficient (Wildman–Crippen LogP) is 4.28. The number of hydrogen-bond donors (Lipinski definition) is 0. The van der Waals surface area contributed by atoms with Gasteiger partial charge in [-0.25, -0.2) is 4.98 Å².